The van der Waals surface area contributed by atoms with Crippen LogP contribution in [-0.2, 0) is 11.2 Å². The zero-order chi connectivity index (χ0) is 21.0. The number of unbranched alkanes of at least 4 members (excludes halogenated alkanes) is 1. The Morgan fingerprint density at radius 2 is 2.03 bits per heavy atom. The molecule has 5 N–H and O–H groups in total. The lowest BCUT2D eigenvalue weighted by Crippen LogP contribution is -2.54. The fourth-order valence-electron chi connectivity index (χ4n) is 5.11. The van der Waals surface area contributed by atoms with Gasteiger partial charge in [0, 0.05) is 6.04 Å². The molecule has 1 aliphatic heterocycles. The van der Waals surface area contributed by atoms with E-state index in [1.54, 1.807) is 6.07 Å². The van der Waals surface area contributed by atoms with E-state index in [9.17, 15) is 14.3 Å². The van der Waals surface area contributed by atoms with Gasteiger partial charge in [0.25, 0.3) is 0 Å². The monoisotopic (exact) mass is 406 g/mol. The molecule has 0 radical (unpaired) electrons. The van der Waals surface area contributed by atoms with Crippen LogP contribution >= 0.6 is 0 Å². The Kier molecular flexibility index (Phi) is 7.32. The Hall–Kier alpha value is -1.48. The zero-order valence-electron chi connectivity index (χ0n) is 16.9. The number of benzene rings is 1. The van der Waals surface area contributed by atoms with Crippen molar-refractivity contribution in [1.29, 1.82) is 0 Å². The number of aryl methyl sites for hydroxylation is 1. The summed E-state index contributed by atoms with van der Waals surface area (Å²) in [5.41, 5.74) is 7.39. The molecule has 2 aliphatic rings. The molecule has 1 heterocycles. The second-order valence-electron chi connectivity index (χ2n) is 8.63. The van der Waals surface area contributed by atoms with Crippen LogP contribution in [0, 0.1) is 11.7 Å². The van der Waals surface area contributed by atoms with Crippen LogP contribution < -0.4 is 5.73 Å². The zero-order valence-corrected chi connectivity index (χ0v) is 16.9. The first kappa shape index (κ1) is 22.2. The molecule has 3 unspecified atom stereocenters. The molecule has 0 amide bonds. The molecule has 6 nitrogen and oxygen atoms in total. The highest BCUT2D eigenvalue weighted by Gasteiger charge is 2.43. The minimum absolute atomic E-state index is 0.127. The van der Waals surface area contributed by atoms with Crippen LogP contribution in [-0.4, -0.2) is 51.8 Å². The number of aliphatic carboxylic acids is 1. The van der Waals surface area contributed by atoms with E-state index in [4.69, 9.17) is 15.8 Å². The minimum atomic E-state index is -1.36. The molecule has 1 aromatic carbocycles. The predicted octanol–water partition coefficient (Wildman–Crippen LogP) is 2.34. The van der Waals surface area contributed by atoms with Crippen molar-refractivity contribution in [3.05, 3.63) is 35.1 Å². The Morgan fingerprint density at radius 1 is 1.24 bits per heavy atom. The highest BCUT2D eigenvalue weighted by molar-refractivity contribution is 6.40. The number of fused-ring (bicyclic) bond motifs is 1. The molecule has 0 spiro atoms. The molecule has 3 rings (SSSR count). The van der Waals surface area contributed by atoms with E-state index < -0.39 is 18.6 Å². The van der Waals surface area contributed by atoms with Crippen molar-refractivity contribution in [2.45, 2.75) is 69.3 Å². The lowest BCUT2D eigenvalue weighted by atomic mass is 9.75. The van der Waals surface area contributed by atoms with E-state index in [0.717, 1.165) is 44.3 Å². The van der Waals surface area contributed by atoms with Gasteiger partial charge >= 0.3 is 13.1 Å². The maximum absolute atomic E-state index is 13.8. The van der Waals surface area contributed by atoms with Crippen molar-refractivity contribution in [1.82, 2.24) is 4.90 Å². The summed E-state index contributed by atoms with van der Waals surface area (Å²) in [6.07, 6.45) is 5.89. The summed E-state index contributed by atoms with van der Waals surface area (Å²) in [6.45, 7) is 1.62. The number of nitrogens with zero attached hydrogens (tertiary/aromatic N) is 1. The maximum Gasteiger partial charge on any atom is 0.451 e. The van der Waals surface area contributed by atoms with Gasteiger partial charge in [0.1, 0.15) is 11.4 Å². The molecule has 1 saturated heterocycles. The van der Waals surface area contributed by atoms with Crippen LogP contribution in [0.15, 0.2) is 18.2 Å². The number of hydrogen-bond acceptors (Lipinski definition) is 5. The van der Waals surface area contributed by atoms with Crippen molar-refractivity contribution in [2.75, 3.05) is 13.1 Å². The molecule has 0 saturated carbocycles. The van der Waals surface area contributed by atoms with Gasteiger partial charge in [-0.25, -0.2) is 4.39 Å². The van der Waals surface area contributed by atoms with Crippen LogP contribution in [0.2, 0.25) is 6.32 Å². The highest BCUT2D eigenvalue weighted by atomic mass is 19.1. The van der Waals surface area contributed by atoms with Gasteiger partial charge in [-0.2, -0.15) is 0 Å². The number of carbonyl (C=O) groups is 1. The normalized spacial score (nSPS) is 24.6. The van der Waals surface area contributed by atoms with E-state index in [0.29, 0.717) is 25.7 Å². The first-order chi connectivity index (χ1) is 13.8. The van der Waals surface area contributed by atoms with Crippen molar-refractivity contribution in [3.63, 3.8) is 0 Å². The Labute approximate surface area is 172 Å². The summed E-state index contributed by atoms with van der Waals surface area (Å²) < 4.78 is 13.8. The maximum atomic E-state index is 13.8. The van der Waals surface area contributed by atoms with Gasteiger partial charge in [-0.1, -0.05) is 18.9 Å². The molecule has 3 atom stereocenters. The van der Waals surface area contributed by atoms with Crippen LogP contribution in [0.1, 0.15) is 62.1 Å². The van der Waals surface area contributed by atoms with Gasteiger partial charge in [0.05, 0.1) is 0 Å². The van der Waals surface area contributed by atoms with Gasteiger partial charge in [-0.05, 0) is 87.1 Å². The summed E-state index contributed by atoms with van der Waals surface area (Å²) in [4.78, 5) is 14.4. The van der Waals surface area contributed by atoms with Crippen LogP contribution in [0.4, 0.5) is 4.39 Å². The molecule has 0 aromatic heterocycles. The summed E-state index contributed by atoms with van der Waals surface area (Å²) >= 11 is 0. The lowest BCUT2D eigenvalue weighted by Gasteiger charge is -2.34. The van der Waals surface area contributed by atoms with E-state index in [1.165, 1.54) is 11.6 Å². The second kappa shape index (κ2) is 9.56. The average molecular weight is 406 g/mol. The van der Waals surface area contributed by atoms with E-state index in [1.807, 2.05) is 6.07 Å². The number of halogens is 1. The number of likely N-dealkylation sites (tertiary alicyclic amines) is 1. The third-order valence-electron chi connectivity index (χ3n) is 6.79. The van der Waals surface area contributed by atoms with Crippen LogP contribution in [0.3, 0.4) is 0 Å². The van der Waals surface area contributed by atoms with Crippen molar-refractivity contribution in [2.24, 2.45) is 11.7 Å². The smallest absolute Gasteiger partial charge is 0.451 e. The first-order valence-corrected chi connectivity index (χ1v) is 10.7. The van der Waals surface area contributed by atoms with Gasteiger partial charge in [-0.15, -0.1) is 0 Å². The van der Waals surface area contributed by atoms with Crippen molar-refractivity contribution >= 4 is 13.1 Å². The molecule has 8 heteroatoms. The predicted molar refractivity (Wildman–Crippen MR) is 110 cm³/mol. The topological polar surface area (TPSA) is 107 Å². The molecule has 1 fully saturated rings. The van der Waals surface area contributed by atoms with Gasteiger partial charge < -0.3 is 20.9 Å². The van der Waals surface area contributed by atoms with Gasteiger partial charge in [-0.3, -0.25) is 9.69 Å². The van der Waals surface area contributed by atoms with E-state index >= 15 is 0 Å². The molecule has 1 aromatic rings. The number of rotatable bonds is 8. The van der Waals surface area contributed by atoms with Crippen molar-refractivity contribution in [3.8, 4) is 0 Å². The number of hydrogen-bond donors (Lipinski definition) is 4. The minimum Gasteiger partial charge on any atom is -0.480 e. The van der Waals surface area contributed by atoms with Gasteiger partial charge in [0.15, 0.2) is 0 Å². The highest BCUT2D eigenvalue weighted by Crippen LogP contribution is 2.39. The Balaban J connectivity index is 1.64. The number of nitrogens with two attached hydrogens (primary N) is 1. The summed E-state index contributed by atoms with van der Waals surface area (Å²) in [5.74, 6) is -1.31. The van der Waals surface area contributed by atoms with Crippen LogP contribution in [0.5, 0.6) is 0 Å². The third kappa shape index (κ3) is 5.17. The molecule has 0 bridgehead atoms. The van der Waals surface area contributed by atoms with Crippen molar-refractivity contribution < 1.29 is 24.3 Å². The largest absolute Gasteiger partial charge is 0.480 e. The Bertz CT molecular complexity index is 720. The second-order valence-corrected chi connectivity index (χ2v) is 8.63. The first-order valence-electron chi connectivity index (χ1n) is 10.7. The Morgan fingerprint density at radius 3 is 2.76 bits per heavy atom. The fraction of sp³-hybridized carbons (Fsp3) is 0.667. The summed E-state index contributed by atoms with van der Waals surface area (Å²) in [5, 5.41) is 27.8. The molecule has 160 valence electrons. The molecule has 29 heavy (non-hydrogen) atoms. The quantitative estimate of drug-likeness (QED) is 0.390. The summed E-state index contributed by atoms with van der Waals surface area (Å²) in [7, 11) is -1.36. The third-order valence-corrected chi connectivity index (χ3v) is 6.79. The molecule has 1 aliphatic carbocycles. The number of carboxylic acid groups (broad SMARTS) is 1. The SMILES string of the molecule is NC(CCCCB(O)O)(C(=O)O)C1CCCN(C2CCc3ccc(F)cc32)CC1. The number of carboxylic acids is 1. The van der Waals surface area contributed by atoms with Crippen LogP contribution in [0.25, 0.3) is 0 Å². The molecular weight excluding hydrogens is 374 g/mol. The average Bonchev–Trinajstić information content (AvgIpc) is 2.92. The van der Waals surface area contributed by atoms with Gasteiger partial charge in [0.2, 0.25) is 0 Å². The van der Waals surface area contributed by atoms with E-state index in [2.05, 4.69) is 4.90 Å². The standard InChI is InChI=1S/C21H32BFN2O4/c23-17-7-5-15-6-8-19(18(15)14-17)25-12-3-4-16(9-13-25)21(24,20(26)27)10-1-2-11-22(28)29/h5,7,14,16,19,28-29H,1-4,6,8-13,24H2,(H,26,27). The molecular formula is C21H32BFN2O4. The van der Waals surface area contributed by atoms with E-state index in [-0.39, 0.29) is 24.1 Å². The fourth-order valence-corrected chi connectivity index (χ4v) is 5.11. The lowest BCUT2D eigenvalue weighted by molar-refractivity contribution is -0.146. The summed E-state index contributed by atoms with van der Waals surface area (Å²) in [6, 6.07) is 5.24.